The highest BCUT2D eigenvalue weighted by atomic mass is 16.6. The maximum Gasteiger partial charge on any atom is 0.293 e. The van der Waals surface area contributed by atoms with Crippen LogP contribution >= 0.6 is 0 Å². The molecule has 114 valence electrons. The number of benzene rings is 1. The number of nitrogens with zero attached hydrogens (tertiary/aromatic N) is 1. The summed E-state index contributed by atoms with van der Waals surface area (Å²) in [7, 11) is 1.62. The van der Waals surface area contributed by atoms with E-state index < -0.39 is 4.92 Å². The lowest BCUT2D eigenvalue weighted by Gasteiger charge is -2.29. The molecule has 1 aromatic carbocycles. The molecule has 0 bridgehead atoms. The molecule has 6 nitrogen and oxygen atoms in total. The Bertz CT molecular complexity index is 545. The normalized spacial score (nSPS) is 21.6. The summed E-state index contributed by atoms with van der Waals surface area (Å²) in [5.74, 6) is 0.216. The first-order chi connectivity index (χ1) is 10.0. The molecule has 0 heterocycles. The van der Waals surface area contributed by atoms with Crippen LogP contribution in [0, 0.1) is 16.0 Å². The van der Waals surface area contributed by atoms with E-state index in [0.717, 1.165) is 19.3 Å². The summed E-state index contributed by atoms with van der Waals surface area (Å²) in [5.41, 5.74) is 0.655. The van der Waals surface area contributed by atoms with Crippen LogP contribution in [0.5, 0.6) is 0 Å². The monoisotopic (exact) mass is 291 g/mol. The number of carbonyl (C=O) groups is 1. The minimum absolute atomic E-state index is 0.0816. The smallest absolute Gasteiger partial charge is 0.293 e. The molecule has 2 atom stereocenters. The fourth-order valence-corrected chi connectivity index (χ4v) is 2.82. The molecule has 0 aliphatic heterocycles. The fraction of sp³-hybridized carbons (Fsp3) is 0.533. The lowest BCUT2D eigenvalue weighted by molar-refractivity contribution is -0.384. The summed E-state index contributed by atoms with van der Waals surface area (Å²) >= 11 is 0. The topological polar surface area (TPSA) is 84.3 Å². The second kappa shape index (κ2) is 6.56. The number of nitrogens with one attached hydrogen (secondary N) is 2. The van der Waals surface area contributed by atoms with E-state index in [9.17, 15) is 14.9 Å². The van der Waals surface area contributed by atoms with E-state index in [4.69, 9.17) is 0 Å². The van der Waals surface area contributed by atoms with Crippen LogP contribution in [0.3, 0.4) is 0 Å². The predicted octanol–water partition coefficient (Wildman–Crippen LogP) is 2.95. The summed E-state index contributed by atoms with van der Waals surface area (Å²) in [5, 5.41) is 16.8. The average molecular weight is 291 g/mol. The number of nitro benzene ring substituents is 1. The number of carbonyl (C=O) groups excluding carboxylic acids is 1. The van der Waals surface area contributed by atoms with Gasteiger partial charge in [-0.1, -0.05) is 19.8 Å². The second-order valence-electron chi connectivity index (χ2n) is 5.58. The third kappa shape index (κ3) is 3.51. The van der Waals surface area contributed by atoms with E-state index in [0.29, 0.717) is 17.2 Å². The third-order valence-corrected chi connectivity index (χ3v) is 4.15. The molecule has 1 amide bonds. The summed E-state index contributed by atoms with van der Waals surface area (Å²) in [6.07, 6.45) is 4.41. The third-order valence-electron chi connectivity index (χ3n) is 4.15. The van der Waals surface area contributed by atoms with Gasteiger partial charge in [0.05, 0.1) is 4.92 Å². The molecule has 1 aliphatic carbocycles. The SMILES string of the molecule is CNc1ccc(C(=O)NC2CCCCC2C)cc1[N+](=O)[O-]. The fourth-order valence-electron chi connectivity index (χ4n) is 2.82. The van der Waals surface area contributed by atoms with Crippen LogP contribution in [0.25, 0.3) is 0 Å². The maximum atomic E-state index is 12.3. The van der Waals surface area contributed by atoms with Crippen LogP contribution in [-0.2, 0) is 0 Å². The zero-order valence-electron chi connectivity index (χ0n) is 12.4. The largest absolute Gasteiger partial charge is 0.383 e. The van der Waals surface area contributed by atoms with E-state index in [1.165, 1.54) is 12.5 Å². The van der Waals surface area contributed by atoms with E-state index in [1.807, 2.05) is 0 Å². The molecule has 6 heteroatoms. The molecule has 1 saturated carbocycles. The van der Waals surface area contributed by atoms with Crippen molar-refractivity contribution >= 4 is 17.3 Å². The van der Waals surface area contributed by atoms with Crippen molar-refractivity contribution in [2.24, 2.45) is 5.92 Å². The van der Waals surface area contributed by atoms with Crippen molar-refractivity contribution in [3.05, 3.63) is 33.9 Å². The molecule has 0 saturated heterocycles. The summed E-state index contributed by atoms with van der Waals surface area (Å²) in [4.78, 5) is 22.8. The van der Waals surface area contributed by atoms with Crippen molar-refractivity contribution < 1.29 is 9.72 Å². The Morgan fingerprint density at radius 1 is 1.33 bits per heavy atom. The van der Waals surface area contributed by atoms with Crippen molar-refractivity contribution in [2.75, 3.05) is 12.4 Å². The minimum Gasteiger partial charge on any atom is -0.383 e. The van der Waals surface area contributed by atoms with E-state index >= 15 is 0 Å². The Balaban J connectivity index is 2.15. The highest BCUT2D eigenvalue weighted by Gasteiger charge is 2.24. The Morgan fingerprint density at radius 2 is 2.05 bits per heavy atom. The van der Waals surface area contributed by atoms with E-state index in [1.54, 1.807) is 19.2 Å². The van der Waals surface area contributed by atoms with Crippen molar-refractivity contribution in [3.63, 3.8) is 0 Å². The number of anilines is 1. The Hall–Kier alpha value is -2.11. The lowest BCUT2D eigenvalue weighted by Crippen LogP contribution is -2.41. The minimum atomic E-state index is -0.480. The van der Waals surface area contributed by atoms with Gasteiger partial charge in [-0.05, 0) is 30.9 Å². The van der Waals surface area contributed by atoms with Crippen molar-refractivity contribution in [3.8, 4) is 0 Å². The van der Waals surface area contributed by atoms with Gasteiger partial charge >= 0.3 is 0 Å². The predicted molar refractivity (Wildman–Crippen MR) is 81.5 cm³/mol. The van der Waals surface area contributed by atoms with Crippen LogP contribution in [-0.4, -0.2) is 23.9 Å². The van der Waals surface area contributed by atoms with Gasteiger partial charge in [-0.3, -0.25) is 14.9 Å². The number of hydrogen-bond donors (Lipinski definition) is 2. The van der Waals surface area contributed by atoms with E-state index in [2.05, 4.69) is 17.6 Å². The highest BCUT2D eigenvalue weighted by molar-refractivity contribution is 5.95. The molecule has 2 rings (SSSR count). The molecule has 1 aliphatic rings. The number of hydrogen-bond acceptors (Lipinski definition) is 4. The van der Waals surface area contributed by atoms with E-state index in [-0.39, 0.29) is 17.6 Å². The first-order valence-corrected chi connectivity index (χ1v) is 7.30. The molecule has 1 fully saturated rings. The van der Waals surface area contributed by atoms with Crippen LogP contribution in [0.1, 0.15) is 43.0 Å². The van der Waals surface area contributed by atoms with Crippen LogP contribution < -0.4 is 10.6 Å². The van der Waals surface area contributed by atoms with Gasteiger partial charge in [0, 0.05) is 24.7 Å². The second-order valence-corrected chi connectivity index (χ2v) is 5.58. The number of nitro groups is 1. The van der Waals surface area contributed by atoms with Gasteiger partial charge in [-0.15, -0.1) is 0 Å². The standard InChI is InChI=1S/C15H21N3O3/c1-10-5-3-4-6-12(10)17-15(19)11-7-8-13(16-2)14(9-11)18(20)21/h7-10,12,16H,3-6H2,1-2H3,(H,17,19). The molecule has 0 aromatic heterocycles. The molecule has 21 heavy (non-hydrogen) atoms. The zero-order valence-corrected chi connectivity index (χ0v) is 12.4. The zero-order chi connectivity index (χ0) is 15.4. The lowest BCUT2D eigenvalue weighted by atomic mass is 9.86. The van der Waals surface area contributed by atoms with Gasteiger partial charge in [0.2, 0.25) is 0 Å². The van der Waals surface area contributed by atoms with Crippen molar-refractivity contribution in [1.82, 2.24) is 5.32 Å². The number of amides is 1. The van der Waals surface area contributed by atoms with Gasteiger partial charge in [-0.2, -0.15) is 0 Å². The molecular weight excluding hydrogens is 270 g/mol. The highest BCUT2D eigenvalue weighted by Crippen LogP contribution is 2.26. The summed E-state index contributed by atoms with van der Waals surface area (Å²) in [6, 6.07) is 4.67. The van der Waals surface area contributed by atoms with Gasteiger partial charge in [0.15, 0.2) is 0 Å². The molecule has 2 N–H and O–H groups in total. The van der Waals surface area contributed by atoms with Gasteiger partial charge in [0.25, 0.3) is 11.6 Å². The molecular formula is C15H21N3O3. The number of rotatable bonds is 4. The molecule has 0 radical (unpaired) electrons. The van der Waals surface area contributed by atoms with Crippen molar-refractivity contribution in [1.29, 1.82) is 0 Å². The van der Waals surface area contributed by atoms with Crippen LogP contribution in [0.4, 0.5) is 11.4 Å². The van der Waals surface area contributed by atoms with Crippen molar-refractivity contribution in [2.45, 2.75) is 38.6 Å². The van der Waals surface area contributed by atoms with Gasteiger partial charge in [0.1, 0.15) is 5.69 Å². The maximum absolute atomic E-state index is 12.3. The summed E-state index contributed by atoms with van der Waals surface area (Å²) < 4.78 is 0. The van der Waals surface area contributed by atoms with Gasteiger partial charge < -0.3 is 10.6 Å². The molecule has 1 aromatic rings. The average Bonchev–Trinajstić information content (AvgIpc) is 2.48. The Kier molecular flexibility index (Phi) is 4.77. The van der Waals surface area contributed by atoms with Crippen LogP contribution in [0.2, 0.25) is 0 Å². The Morgan fingerprint density at radius 3 is 2.67 bits per heavy atom. The molecule has 0 spiro atoms. The quantitative estimate of drug-likeness (QED) is 0.660. The first kappa shape index (κ1) is 15.3. The van der Waals surface area contributed by atoms with Crippen LogP contribution in [0.15, 0.2) is 18.2 Å². The Labute approximate surface area is 124 Å². The summed E-state index contributed by atoms with van der Waals surface area (Å²) in [6.45, 7) is 2.14. The van der Waals surface area contributed by atoms with Gasteiger partial charge in [-0.25, -0.2) is 0 Å². The molecule has 2 unspecified atom stereocenters. The first-order valence-electron chi connectivity index (χ1n) is 7.30.